The van der Waals surface area contributed by atoms with E-state index in [1.807, 2.05) is 0 Å². The lowest BCUT2D eigenvalue weighted by Gasteiger charge is -2.21. The standard InChI is InChI=1S/C18H20F2N2O4S/c1-12(2)22(3)27(24,25)16-6-4-5-13(11-16)17(23)21-14-7-9-15(10-8-14)26-18(19)20/h4-12,18H,1-3H3,(H,21,23). The van der Waals surface area contributed by atoms with Crippen LogP contribution in [-0.2, 0) is 10.0 Å². The van der Waals surface area contributed by atoms with Crippen LogP contribution in [0.25, 0.3) is 0 Å². The molecule has 0 aromatic heterocycles. The Hall–Kier alpha value is -2.52. The quantitative estimate of drug-likeness (QED) is 0.774. The Morgan fingerprint density at radius 2 is 1.74 bits per heavy atom. The van der Waals surface area contributed by atoms with E-state index in [0.717, 1.165) is 0 Å². The molecule has 0 fully saturated rings. The molecule has 27 heavy (non-hydrogen) atoms. The highest BCUT2D eigenvalue weighted by Crippen LogP contribution is 2.20. The number of hydrogen-bond donors (Lipinski definition) is 1. The molecule has 0 aliphatic carbocycles. The zero-order chi connectivity index (χ0) is 20.2. The SMILES string of the molecule is CC(C)N(C)S(=O)(=O)c1cccc(C(=O)Nc2ccc(OC(F)F)cc2)c1. The van der Waals surface area contributed by atoms with Gasteiger partial charge >= 0.3 is 6.61 Å². The summed E-state index contributed by atoms with van der Waals surface area (Å²) in [6, 6.07) is 10.8. The molecule has 0 unspecified atom stereocenters. The van der Waals surface area contributed by atoms with Crippen LogP contribution in [0.4, 0.5) is 14.5 Å². The summed E-state index contributed by atoms with van der Waals surface area (Å²) in [5.74, 6) is -0.561. The summed E-state index contributed by atoms with van der Waals surface area (Å²) >= 11 is 0. The number of sulfonamides is 1. The third-order valence-corrected chi connectivity index (χ3v) is 5.87. The predicted octanol–water partition coefficient (Wildman–Crippen LogP) is 3.57. The molecule has 146 valence electrons. The summed E-state index contributed by atoms with van der Waals surface area (Å²) in [6.07, 6.45) is 0. The maximum atomic E-state index is 12.6. The van der Waals surface area contributed by atoms with Crippen LogP contribution in [0.1, 0.15) is 24.2 Å². The number of halogens is 2. The minimum absolute atomic E-state index is 0.00651. The first kappa shape index (κ1) is 20.8. The molecule has 2 aromatic carbocycles. The number of nitrogens with zero attached hydrogens (tertiary/aromatic N) is 1. The van der Waals surface area contributed by atoms with Gasteiger partial charge in [0.05, 0.1) is 4.90 Å². The Morgan fingerprint density at radius 3 is 2.30 bits per heavy atom. The molecule has 2 rings (SSSR count). The molecule has 0 saturated carbocycles. The number of alkyl halides is 2. The van der Waals surface area contributed by atoms with Gasteiger partial charge in [-0.25, -0.2) is 8.42 Å². The van der Waals surface area contributed by atoms with Crippen LogP contribution in [0.3, 0.4) is 0 Å². The van der Waals surface area contributed by atoms with Gasteiger partial charge in [-0.3, -0.25) is 4.79 Å². The van der Waals surface area contributed by atoms with E-state index in [-0.39, 0.29) is 22.3 Å². The molecule has 1 N–H and O–H groups in total. The van der Waals surface area contributed by atoms with Gasteiger partial charge in [-0.05, 0) is 56.3 Å². The van der Waals surface area contributed by atoms with Crippen molar-refractivity contribution in [2.45, 2.75) is 31.4 Å². The second kappa shape index (κ2) is 8.45. The van der Waals surface area contributed by atoms with Gasteiger partial charge in [0.25, 0.3) is 5.91 Å². The molecule has 0 saturated heterocycles. The van der Waals surface area contributed by atoms with Crippen molar-refractivity contribution in [3.63, 3.8) is 0 Å². The predicted molar refractivity (Wildman–Crippen MR) is 97.6 cm³/mol. The minimum atomic E-state index is -3.72. The zero-order valence-electron chi connectivity index (χ0n) is 15.0. The van der Waals surface area contributed by atoms with Crippen molar-refractivity contribution >= 4 is 21.6 Å². The average molecular weight is 398 g/mol. The minimum Gasteiger partial charge on any atom is -0.435 e. The van der Waals surface area contributed by atoms with E-state index in [0.29, 0.717) is 5.69 Å². The second-order valence-electron chi connectivity index (χ2n) is 6.00. The summed E-state index contributed by atoms with van der Waals surface area (Å²) in [6.45, 7) is 0.560. The third-order valence-electron chi connectivity index (χ3n) is 3.84. The van der Waals surface area contributed by atoms with Crippen LogP contribution in [0.5, 0.6) is 5.75 Å². The fourth-order valence-electron chi connectivity index (χ4n) is 2.16. The van der Waals surface area contributed by atoms with Crippen LogP contribution in [-0.4, -0.2) is 38.3 Å². The van der Waals surface area contributed by atoms with Crippen molar-refractivity contribution in [2.75, 3.05) is 12.4 Å². The van der Waals surface area contributed by atoms with Gasteiger partial charge < -0.3 is 10.1 Å². The Kier molecular flexibility index (Phi) is 6.50. The number of rotatable bonds is 7. The van der Waals surface area contributed by atoms with E-state index < -0.39 is 22.5 Å². The average Bonchev–Trinajstić information content (AvgIpc) is 2.62. The highest BCUT2D eigenvalue weighted by atomic mass is 32.2. The molecule has 0 aliphatic heterocycles. The lowest BCUT2D eigenvalue weighted by atomic mass is 10.2. The number of hydrogen-bond acceptors (Lipinski definition) is 4. The number of benzene rings is 2. The number of amides is 1. The van der Waals surface area contributed by atoms with Crippen LogP contribution >= 0.6 is 0 Å². The van der Waals surface area contributed by atoms with Gasteiger partial charge in [-0.1, -0.05) is 6.07 Å². The van der Waals surface area contributed by atoms with E-state index in [9.17, 15) is 22.0 Å². The van der Waals surface area contributed by atoms with Crippen molar-refractivity contribution in [2.24, 2.45) is 0 Å². The molecular weight excluding hydrogens is 378 g/mol. The summed E-state index contributed by atoms with van der Waals surface area (Å²) in [4.78, 5) is 12.4. The summed E-state index contributed by atoms with van der Waals surface area (Å²) in [5, 5.41) is 2.58. The fraction of sp³-hybridized carbons (Fsp3) is 0.278. The van der Waals surface area contributed by atoms with Gasteiger partial charge in [-0.15, -0.1) is 0 Å². The van der Waals surface area contributed by atoms with Gasteiger partial charge in [-0.2, -0.15) is 13.1 Å². The molecule has 9 heteroatoms. The Bertz CT molecular complexity index is 900. The van der Waals surface area contributed by atoms with Crippen molar-refractivity contribution in [3.05, 3.63) is 54.1 Å². The number of nitrogens with one attached hydrogen (secondary N) is 1. The monoisotopic (exact) mass is 398 g/mol. The molecule has 2 aromatic rings. The Labute approximate surface area is 156 Å². The topological polar surface area (TPSA) is 75.7 Å². The van der Waals surface area contributed by atoms with E-state index in [2.05, 4.69) is 10.1 Å². The van der Waals surface area contributed by atoms with Crippen LogP contribution in [0.2, 0.25) is 0 Å². The number of carbonyl (C=O) groups excluding carboxylic acids is 1. The second-order valence-corrected chi connectivity index (χ2v) is 8.00. The van der Waals surface area contributed by atoms with E-state index >= 15 is 0 Å². The number of ether oxygens (including phenoxy) is 1. The summed E-state index contributed by atoms with van der Waals surface area (Å²) in [7, 11) is -2.25. The molecule has 0 bridgehead atoms. The van der Waals surface area contributed by atoms with Crippen molar-refractivity contribution in [1.82, 2.24) is 4.31 Å². The molecule has 0 aliphatic rings. The third kappa shape index (κ3) is 5.24. The van der Waals surface area contributed by atoms with Gasteiger partial charge in [0.15, 0.2) is 0 Å². The first-order chi connectivity index (χ1) is 12.6. The van der Waals surface area contributed by atoms with Gasteiger partial charge in [0, 0.05) is 24.3 Å². The van der Waals surface area contributed by atoms with Crippen LogP contribution in [0, 0.1) is 0 Å². The molecule has 1 amide bonds. The molecule has 6 nitrogen and oxygen atoms in total. The van der Waals surface area contributed by atoms with Gasteiger partial charge in [0.2, 0.25) is 10.0 Å². The lowest BCUT2D eigenvalue weighted by molar-refractivity contribution is -0.0498. The van der Waals surface area contributed by atoms with Gasteiger partial charge in [0.1, 0.15) is 5.75 Å². The first-order valence-corrected chi connectivity index (χ1v) is 9.49. The Balaban J connectivity index is 2.18. The van der Waals surface area contributed by atoms with E-state index in [1.54, 1.807) is 13.8 Å². The normalized spacial score (nSPS) is 11.9. The Morgan fingerprint density at radius 1 is 1.11 bits per heavy atom. The van der Waals surface area contributed by atoms with E-state index in [1.165, 1.54) is 59.9 Å². The fourth-order valence-corrected chi connectivity index (χ4v) is 3.58. The van der Waals surface area contributed by atoms with Crippen molar-refractivity contribution in [3.8, 4) is 5.75 Å². The first-order valence-electron chi connectivity index (χ1n) is 8.05. The van der Waals surface area contributed by atoms with E-state index in [4.69, 9.17) is 0 Å². The summed E-state index contributed by atoms with van der Waals surface area (Å²) in [5.41, 5.74) is 0.510. The molecular formula is C18H20F2N2O4S. The molecule has 0 radical (unpaired) electrons. The van der Waals surface area contributed by atoms with Crippen LogP contribution < -0.4 is 10.1 Å². The maximum absolute atomic E-state index is 12.6. The van der Waals surface area contributed by atoms with Crippen molar-refractivity contribution < 1.29 is 26.7 Å². The zero-order valence-corrected chi connectivity index (χ0v) is 15.8. The maximum Gasteiger partial charge on any atom is 0.387 e. The lowest BCUT2D eigenvalue weighted by Crippen LogP contribution is -2.33. The van der Waals surface area contributed by atoms with Crippen LogP contribution in [0.15, 0.2) is 53.4 Å². The smallest absolute Gasteiger partial charge is 0.387 e. The summed E-state index contributed by atoms with van der Waals surface area (Å²) < 4.78 is 54.9. The molecule has 0 spiro atoms. The number of anilines is 1. The largest absolute Gasteiger partial charge is 0.435 e. The highest BCUT2D eigenvalue weighted by molar-refractivity contribution is 7.89. The number of carbonyl (C=O) groups is 1. The molecule has 0 heterocycles. The van der Waals surface area contributed by atoms with Crippen molar-refractivity contribution in [1.29, 1.82) is 0 Å². The highest BCUT2D eigenvalue weighted by Gasteiger charge is 2.24. The molecule has 0 atom stereocenters.